The first kappa shape index (κ1) is 93.0. The topological polar surface area (TPSA) is 108 Å². The van der Waals surface area contributed by atoms with Crippen molar-refractivity contribution in [2.24, 2.45) is 0 Å². The van der Waals surface area contributed by atoms with E-state index in [4.69, 9.17) is 18.9 Å². The smallest absolute Gasteiger partial charge is 0.361 e. The molecule has 0 aliphatic carbocycles. The number of carbonyl (C=O) groups is 3. The molecule has 0 aromatic rings. The summed E-state index contributed by atoms with van der Waals surface area (Å²) in [5, 5.41) is 9.78. The van der Waals surface area contributed by atoms with Crippen LogP contribution in [0.15, 0.2) is 109 Å². The number of quaternary nitrogens is 1. The maximum absolute atomic E-state index is 13.0. The van der Waals surface area contributed by atoms with Crippen LogP contribution >= 0.6 is 0 Å². The third-order valence-electron chi connectivity index (χ3n) is 18.0. The molecule has 0 aromatic carbocycles. The number of ether oxygens (including phenoxy) is 4. The second kappa shape index (κ2) is 77.7. The number of unbranched alkanes of at least 4 members (excludes halogenated alkanes) is 43. The molecule has 0 spiro atoms. The largest absolute Gasteiger partial charge is 0.477 e. The second-order valence-corrected chi connectivity index (χ2v) is 28.7. The third kappa shape index (κ3) is 79.2. The molecule has 1 N–H and O–H groups in total. The molecule has 0 aliphatic rings. The van der Waals surface area contributed by atoms with Crippen LogP contribution in [0.2, 0.25) is 0 Å². The predicted octanol–water partition coefficient (Wildman–Crippen LogP) is 26.5. The van der Waals surface area contributed by atoms with Crippen molar-refractivity contribution in [3.05, 3.63) is 109 Å². The fourth-order valence-electron chi connectivity index (χ4n) is 11.9. The summed E-state index contributed by atoms with van der Waals surface area (Å²) in [5.74, 6) is -1.98. The molecule has 9 heteroatoms. The number of allylic oxidation sites excluding steroid dienone is 18. The normalized spacial score (nSPS) is 13.2. The van der Waals surface area contributed by atoms with Crippen molar-refractivity contribution in [2.45, 2.75) is 386 Å². The zero-order valence-corrected chi connectivity index (χ0v) is 64.2. The first-order valence-corrected chi connectivity index (χ1v) is 41.1. The lowest BCUT2D eigenvalue weighted by molar-refractivity contribution is -0.870. The van der Waals surface area contributed by atoms with Gasteiger partial charge >= 0.3 is 17.9 Å². The Labute approximate surface area is 600 Å². The van der Waals surface area contributed by atoms with Crippen molar-refractivity contribution in [3.63, 3.8) is 0 Å². The molecule has 0 fully saturated rings. The van der Waals surface area contributed by atoms with E-state index in [1.165, 1.54) is 250 Å². The number of likely N-dealkylation sites (N-methyl/N-ethyl adjacent to an activating group) is 1. The molecule has 0 saturated heterocycles. The summed E-state index contributed by atoms with van der Waals surface area (Å²) >= 11 is 0. The van der Waals surface area contributed by atoms with E-state index in [2.05, 4.69) is 123 Å². The van der Waals surface area contributed by atoms with Crippen molar-refractivity contribution in [1.29, 1.82) is 0 Å². The first-order chi connectivity index (χ1) is 47.6. The average molecular weight is 1360 g/mol. The lowest BCUT2D eigenvalue weighted by Crippen LogP contribution is -2.40. The highest BCUT2D eigenvalue weighted by Crippen LogP contribution is 2.19. The molecule has 97 heavy (non-hydrogen) atoms. The summed E-state index contributed by atoms with van der Waals surface area (Å²) in [6.07, 6.45) is 107. The van der Waals surface area contributed by atoms with Crippen molar-refractivity contribution in [2.75, 3.05) is 47.5 Å². The lowest BCUT2D eigenvalue weighted by atomic mass is 10.0. The van der Waals surface area contributed by atoms with Gasteiger partial charge in [0.25, 0.3) is 6.29 Å². The molecule has 9 nitrogen and oxygen atoms in total. The van der Waals surface area contributed by atoms with Crippen molar-refractivity contribution < 1.29 is 42.9 Å². The van der Waals surface area contributed by atoms with Crippen LogP contribution in [0.4, 0.5) is 0 Å². The lowest BCUT2D eigenvalue weighted by Gasteiger charge is -2.25. The van der Waals surface area contributed by atoms with Gasteiger partial charge in [0.2, 0.25) is 0 Å². The number of aliphatic carboxylic acids is 1. The summed E-state index contributed by atoms with van der Waals surface area (Å²) in [7, 11) is 5.99. The highest BCUT2D eigenvalue weighted by atomic mass is 16.7. The Kier molecular flexibility index (Phi) is 74.4. The van der Waals surface area contributed by atoms with Gasteiger partial charge in [0.15, 0.2) is 6.10 Å². The van der Waals surface area contributed by atoms with Crippen LogP contribution in [-0.2, 0) is 33.3 Å². The minimum atomic E-state index is -1.51. The number of carboxylic acid groups (broad SMARTS) is 1. The molecule has 0 rings (SSSR count). The Morgan fingerprint density at radius 2 is 0.557 bits per heavy atom. The van der Waals surface area contributed by atoms with Gasteiger partial charge in [-0.15, -0.1) is 0 Å². The van der Waals surface area contributed by atoms with Crippen LogP contribution in [-0.4, -0.2) is 87.4 Å². The summed E-state index contributed by atoms with van der Waals surface area (Å²) in [6.45, 7) is 4.70. The minimum absolute atomic E-state index is 0.180. The van der Waals surface area contributed by atoms with Crippen LogP contribution < -0.4 is 0 Å². The summed E-state index contributed by atoms with van der Waals surface area (Å²) in [5.41, 5.74) is 0. The predicted molar refractivity (Wildman–Crippen MR) is 419 cm³/mol. The molecule has 0 saturated carbocycles. The summed E-state index contributed by atoms with van der Waals surface area (Å²) in [4.78, 5) is 37.8. The number of esters is 2. The summed E-state index contributed by atoms with van der Waals surface area (Å²) in [6, 6.07) is 0. The maximum atomic E-state index is 13.0. The molecule has 2 unspecified atom stereocenters. The van der Waals surface area contributed by atoms with Crippen LogP contribution in [0.5, 0.6) is 0 Å². The Morgan fingerprint density at radius 1 is 0.309 bits per heavy atom. The van der Waals surface area contributed by atoms with Crippen LogP contribution in [0.25, 0.3) is 0 Å². The Balaban J connectivity index is 3.97. The van der Waals surface area contributed by atoms with Crippen molar-refractivity contribution in [3.8, 4) is 0 Å². The third-order valence-corrected chi connectivity index (χ3v) is 18.0. The van der Waals surface area contributed by atoms with Gasteiger partial charge in [-0.1, -0.05) is 374 Å². The molecule has 0 amide bonds. The van der Waals surface area contributed by atoms with Gasteiger partial charge in [0, 0.05) is 12.8 Å². The zero-order chi connectivity index (χ0) is 70.4. The molecule has 0 aliphatic heterocycles. The van der Waals surface area contributed by atoms with Gasteiger partial charge in [-0.3, -0.25) is 9.59 Å². The standard InChI is InChI=1S/C88H155NO8/c1-6-8-10-12-14-16-18-20-22-24-26-28-30-32-34-36-38-40-41-42-43-44-45-47-48-50-52-54-56-58-60-62-64-66-68-70-72-74-76-78-85(90)95-82-84(83-96-88(87(92)93)94-81-80-89(3,4)5)97-86(91)79-77-75-73-71-69-67-65-63-61-59-57-55-53-51-49-46-39-37-35-33-31-29-27-25-23-21-19-17-15-13-11-9-7-2/h8-11,14-17,20-23,26-29,33,35,84,88H,6-7,12-13,18-19,24-25,30-32,34,36-83H2,1-5H3/p+1/b10-8-,11-9-,16-14-,17-15-,22-20-,23-21-,28-26-,29-27-,35-33-. The van der Waals surface area contributed by atoms with E-state index in [0.717, 1.165) is 96.3 Å². The Hall–Kier alpha value is -4.05. The van der Waals surface area contributed by atoms with Gasteiger partial charge in [0.05, 0.1) is 34.4 Å². The van der Waals surface area contributed by atoms with Crippen molar-refractivity contribution >= 4 is 17.9 Å². The number of carbonyl (C=O) groups excluding carboxylic acids is 2. The second-order valence-electron chi connectivity index (χ2n) is 28.7. The summed E-state index contributed by atoms with van der Waals surface area (Å²) < 4.78 is 23.1. The number of hydrogen-bond donors (Lipinski definition) is 1. The maximum Gasteiger partial charge on any atom is 0.361 e. The Bertz CT molecular complexity index is 1970. The van der Waals surface area contributed by atoms with Gasteiger partial charge in [-0.25, -0.2) is 4.79 Å². The monoisotopic (exact) mass is 1360 g/mol. The van der Waals surface area contributed by atoms with Crippen LogP contribution in [0.3, 0.4) is 0 Å². The molecular weight excluding hydrogens is 1200 g/mol. The zero-order valence-electron chi connectivity index (χ0n) is 64.2. The highest BCUT2D eigenvalue weighted by molar-refractivity contribution is 5.71. The molecule has 0 heterocycles. The van der Waals surface area contributed by atoms with E-state index in [1.807, 2.05) is 21.1 Å². The first-order valence-electron chi connectivity index (χ1n) is 41.1. The SMILES string of the molecule is CC/C=C\C/C=C\C/C=C\C/C=C\C/C=C\CCCCCCCCCCCCCCCCCCCC(=O)OC(COC(=O)CCCCCCCCCCCCCCCCCCCCCCCCCCCC/C=C\C/C=C\C/C=C\C/C=C\CC)COC(OCC[N+](C)(C)C)C(=O)O. The van der Waals surface area contributed by atoms with E-state index in [9.17, 15) is 19.5 Å². The van der Waals surface area contributed by atoms with Gasteiger partial charge in [-0.05, 0) is 96.3 Å². The Morgan fingerprint density at radius 3 is 0.825 bits per heavy atom. The molecule has 0 aromatic heterocycles. The van der Waals surface area contributed by atoms with E-state index < -0.39 is 18.4 Å². The molecule has 2 atom stereocenters. The molecular formula is C88H156NO8+. The molecule has 0 radical (unpaired) electrons. The number of carboxylic acids is 1. The van der Waals surface area contributed by atoms with E-state index in [0.29, 0.717) is 17.4 Å². The van der Waals surface area contributed by atoms with Crippen molar-refractivity contribution in [1.82, 2.24) is 0 Å². The minimum Gasteiger partial charge on any atom is -0.477 e. The van der Waals surface area contributed by atoms with Gasteiger partial charge < -0.3 is 28.5 Å². The number of hydrogen-bond acceptors (Lipinski definition) is 7. The van der Waals surface area contributed by atoms with E-state index in [1.54, 1.807) is 0 Å². The molecule has 0 bridgehead atoms. The number of rotatable bonds is 76. The quantitative estimate of drug-likeness (QED) is 0.0211. The van der Waals surface area contributed by atoms with Crippen LogP contribution in [0, 0.1) is 0 Å². The number of nitrogens with zero attached hydrogens (tertiary/aromatic N) is 1. The molecule has 560 valence electrons. The average Bonchev–Trinajstić information content (AvgIpc) is 2.59. The van der Waals surface area contributed by atoms with Gasteiger partial charge in [0.1, 0.15) is 13.2 Å². The van der Waals surface area contributed by atoms with E-state index >= 15 is 0 Å². The fraction of sp³-hybridized carbons (Fsp3) is 0.761. The fourth-order valence-corrected chi connectivity index (χ4v) is 11.9. The van der Waals surface area contributed by atoms with Gasteiger partial charge in [-0.2, -0.15) is 0 Å². The highest BCUT2D eigenvalue weighted by Gasteiger charge is 2.25. The van der Waals surface area contributed by atoms with Crippen LogP contribution in [0.1, 0.15) is 373 Å². The van der Waals surface area contributed by atoms with E-state index in [-0.39, 0.29) is 38.2 Å².